The fourth-order valence-corrected chi connectivity index (χ4v) is 3.64. The molecular formula is C17H24BrNO2. The normalized spacial score (nSPS) is 20.0. The highest BCUT2D eigenvalue weighted by Gasteiger charge is 2.22. The van der Waals surface area contributed by atoms with Crippen molar-refractivity contribution in [3.63, 3.8) is 0 Å². The second-order valence-electron chi connectivity index (χ2n) is 5.85. The maximum absolute atomic E-state index is 11.5. The minimum absolute atomic E-state index is 0.294. The molecule has 1 atom stereocenters. The molecule has 116 valence electrons. The molecule has 0 aliphatic carbocycles. The van der Waals surface area contributed by atoms with Crippen LogP contribution in [0.2, 0.25) is 0 Å². The molecule has 21 heavy (non-hydrogen) atoms. The number of ether oxygens (including phenoxy) is 1. The molecule has 0 saturated carbocycles. The Labute approximate surface area is 135 Å². The van der Waals surface area contributed by atoms with Gasteiger partial charge in [-0.1, -0.05) is 18.9 Å². The van der Waals surface area contributed by atoms with Crippen LogP contribution in [0.4, 0.5) is 0 Å². The summed E-state index contributed by atoms with van der Waals surface area (Å²) >= 11 is 3.55. The van der Waals surface area contributed by atoms with Crippen molar-refractivity contribution in [3.05, 3.63) is 28.2 Å². The zero-order valence-corrected chi connectivity index (χ0v) is 14.5. The molecule has 1 aliphatic heterocycles. The van der Waals surface area contributed by atoms with Crippen LogP contribution in [0, 0.1) is 0 Å². The second kappa shape index (κ2) is 7.95. The van der Waals surface area contributed by atoms with Crippen molar-refractivity contribution in [1.29, 1.82) is 0 Å². The van der Waals surface area contributed by atoms with Crippen molar-refractivity contribution in [3.8, 4) is 5.75 Å². The molecule has 0 aromatic heterocycles. The van der Waals surface area contributed by atoms with E-state index in [1.54, 1.807) is 14.0 Å². The molecule has 1 fully saturated rings. The fraction of sp³-hybridized carbons (Fsp3) is 0.588. The summed E-state index contributed by atoms with van der Waals surface area (Å²) in [5.74, 6) is 1.15. The Balaban J connectivity index is 2.10. The van der Waals surface area contributed by atoms with Crippen LogP contribution in [0.15, 0.2) is 22.7 Å². The summed E-state index contributed by atoms with van der Waals surface area (Å²) in [5.41, 5.74) is 1.26. The van der Waals surface area contributed by atoms with Crippen molar-refractivity contribution >= 4 is 21.7 Å². The number of rotatable bonds is 5. The van der Waals surface area contributed by atoms with Crippen molar-refractivity contribution in [2.75, 3.05) is 13.7 Å². The third-order valence-electron chi connectivity index (χ3n) is 4.12. The largest absolute Gasteiger partial charge is 0.496 e. The van der Waals surface area contributed by atoms with E-state index in [1.165, 1.54) is 24.8 Å². The minimum atomic E-state index is 0.294. The van der Waals surface area contributed by atoms with Gasteiger partial charge >= 0.3 is 0 Å². The van der Waals surface area contributed by atoms with Crippen LogP contribution >= 0.6 is 15.9 Å². The van der Waals surface area contributed by atoms with Gasteiger partial charge in [0.2, 0.25) is 0 Å². The Morgan fingerprint density at radius 3 is 2.86 bits per heavy atom. The van der Waals surface area contributed by atoms with E-state index in [-0.39, 0.29) is 0 Å². The van der Waals surface area contributed by atoms with Crippen LogP contribution < -0.4 is 4.74 Å². The number of likely N-dealkylation sites (tertiary alicyclic amines) is 1. The van der Waals surface area contributed by atoms with Gasteiger partial charge < -0.3 is 4.74 Å². The number of hydrogen-bond acceptors (Lipinski definition) is 3. The SMILES string of the molecule is COc1ccc(CN2CCCCCC2CC(C)=O)cc1Br. The molecule has 2 rings (SSSR count). The van der Waals surface area contributed by atoms with Crippen LogP contribution in [-0.2, 0) is 11.3 Å². The van der Waals surface area contributed by atoms with E-state index in [0.29, 0.717) is 18.2 Å². The maximum Gasteiger partial charge on any atom is 0.133 e. The van der Waals surface area contributed by atoms with Gasteiger partial charge in [-0.2, -0.15) is 0 Å². The van der Waals surface area contributed by atoms with E-state index in [1.807, 2.05) is 6.07 Å². The summed E-state index contributed by atoms with van der Waals surface area (Å²) in [7, 11) is 1.68. The highest BCUT2D eigenvalue weighted by Crippen LogP contribution is 2.27. The van der Waals surface area contributed by atoms with Crippen LogP contribution in [-0.4, -0.2) is 30.4 Å². The van der Waals surface area contributed by atoms with Gasteiger partial charge in [0.25, 0.3) is 0 Å². The first-order valence-corrected chi connectivity index (χ1v) is 8.45. The van der Waals surface area contributed by atoms with Gasteiger partial charge in [0.05, 0.1) is 11.6 Å². The number of carbonyl (C=O) groups is 1. The predicted molar refractivity (Wildman–Crippen MR) is 88.7 cm³/mol. The summed E-state index contributed by atoms with van der Waals surface area (Å²) in [6.45, 7) is 3.69. The second-order valence-corrected chi connectivity index (χ2v) is 6.70. The summed E-state index contributed by atoms with van der Waals surface area (Å²) in [6.07, 6.45) is 5.55. The highest BCUT2D eigenvalue weighted by molar-refractivity contribution is 9.10. The van der Waals surface area contributed by atoms with Gasteiger partial charge in [-0.05, 0) is 59.9 Å². The lowest BCUT2D eigenvalue weighted by atomic mass is 10.0. The standard InChI is InChI=1S/C17H24BrNO2/c1-13(20)10-15-6-4-3-5-9-19(15)12-14-7-8-17(21-2)16(18)11-14/h7-8,11,15H,3-6,9-10,12H2,1-2H3. The van der Waals surface area contributed by atoms with Gasteiger partial charge in [0.15, 0.2) is 0 Å². The summed E-state index contributed by atoms with van der Waals surface area (Å²) in [6, 6.07) is 6.62. The first-order valence-electron chi connectivity index (χ1n) is 7.66. The number of halogens is 1. The number of methoxy groups -OCH3 is 1. The lowest BCUT2D eigenvalue weighted by molar-refractivity contribution is -0.118. The lowest BCUT2D eigenvalue weighted by Gasteiger charge is -2.29. The summed E-state index contributed by atoms with van der Waals surface area (Å²) in [5, 5.41) is 0. The molecule has 0 N–H and O–H groups in total. The molecule has 1 aromatic rings. The van der Waals surface area contributed by atoms with Crippen molar-refractivity contribution in [1.82, 2.24) is 4.90 Å². The van der Waals surface area contributed by atoms with E-state index in [9.17, 15) is 4.79 Å². The van der Waals surface area contributed by atoms with Gasteiger partial charge in [0, 0.05) is 19.0 Å². The van der Waals surface area contributed by atoms with Gasteiger partial charge in [-0.25, -0.2) is 0 Å². The smallest absolute Gasteiger partial charge is 0.133 e. The molecule has 1 heterocycles. The van der Waals surface area contributed by atoms with Crippen LogP contribution in [0.5, 0.6) is 5.75 Å². The van der Waals surface area contributed by atoms with Gasteiger partial charge in [-0.3, -0.25) is 9.69 Å². The zero-order chi connectivity index (χ0) is 15.2. The Morgan fingerprint density at radius 1 is 1.38 bits per heavy atom. The third kappa shape index (κ3) is 4.82. The van der Waals surface area contributed by atoms with Crippen molar-refractivity contribution < 1.29 is 9.53 Å². The average Bonchev–Trinajstić information content (AvgIpc) is 2.64. The number of hydrogen-bond donors (Lipinski definition) is 0. The Bertz CT molecular complexity index is 490. The van der Waals surface area contributed by atoms with E-state index < -0.39 is 0 Å². The van der Waals surface area contributed by atoms with E-state index in [2.05, 4.69) is 33.0 Å². The van der Waals surface area contributed by atoms with Crippen molar-refractivity contribution in [2.45, 2.75) is 51.6 Å². The molecule has 1 aromatic carbocycles. The summed E-state index contributed by atoms with van der Waals surface area (Å²) in [4.78, 5) is 14.0. The Kier molecular flexibility index (Phi) is 6.24. The van der Waals surface area contributed by atoms with Crippen LogP contribution in [0.25, 0.3) is 0 Å². The molecule has 0 radical (unpaired) electrons. The first kappa shape index (κ1) is 16.5. The summed E-state index contributed by atoms with van der Waals surface area (Å²) < 4.78 is 6.27. The monoisotopic (exact) mass is 353 g/mol. The molecule has 0 amide bonds. The molecule has 1 aliphatic rings. The molecule has 0 spiro atoms. The predicted octanol–water partition coefficient (Wildman–Crippen LogP) is 4.18. The van der Waals surface area contributed by atoms with E-state index in [0.717, 1.165) is 29.7 Å². The maximum atomic E-state index is 11.5. The van der Waals surface area contributed by atoms with Crippen LogP contribution in [0.1, 0.15) is 44.6 Å². The molecule has 0 bridgehead atoms. The number of carbonyl (C=O) groups excluding carboxylic acids is 1. The van der Waals surface area contributed by atoms with E-state index in [4.69, 9.17) is 4.74 Å². The van der Waals surface area contributed by atoms with E-state index >= 15 is 0 Å². The number of nitrogens with zero attached hydrogens (tertiary/aromatic N) is 1. The fourth-order valence-electron chi connectivity index (χ4n) is 3.05. The van der Waals surface area contributed by atoms with Crippen molar-refractivity contribution in [2.24, 2.45) is 0 Å². The Morgan fingerprint density at radius 2 is 2.19 bits per heavy atom. The molecule has 4 heteroatoms. The topological polar surface area (TPSA) is 29.5 Å². The van der Waals surface area contributed by atoms with Crippen LogP contribution in [0.3, 0.4) is 0 Å². The molecule has 3 nitrogen and oxygen atoms in total. The first-order chi connectivity index (χ1) is 10.1. The highest BCUT2D eigenvalue weighted by atomic mass is 79.9. The molecule has 1 unspecified atom stereocenters. The zero-order valence-electron chi connectivity index (χ0n) is 12.9. The third-order valence-corrected chi connectivity index (χ3v) is 4.74. The molecular weight excluding hydrogens is 330 g/mol. The lowest BCUT2D eigenvalue weighted by Crippen LogP contribution is -2.35. The quantitative estimate of drug-likeness (QED) is 0.794. The van der Waals surface area contributed by atoms with Gasteiger partial charge in [-0.15, -0.1) is 0 Å². The number of ketones is 1. The number of Topliss-reactive ketones (excluding diaryl/α,β-unsaturated/α-hetero) is 1. The average molecular weight is 354 g/mol. The molecule has 1 saturated heterocycles. The minimum Gasteiger partial charge on any atom is -0.496 e. The number of benzene rings is 1. The Hall–Kier alpha value is -0.870. The van der Waals surface area contributed by atoms with Gasteiger partial charge in [0.1, 0.15) is 11.5 Å².